The van der Waals surface area contributed by atoms with Crippen LogP contribution in [-0.4, -0.2) is 14.5 Å². The first-order valence-electron chi connectivity index (χ1n) is 18.8. The van der Waals surface area contributed by atoms with E-state index in [9.17, 15) is 0 Å². The average molecular weight is 718 g/mol. The minimum Gasteiger partial charge on any atom is -0.293 e. The van der Waals surface area contributed by atoms with Gasteiger partial charge in [-0.1, -0.05) is 164 Å². The van der Waals surface area contributed by atoms with Gasteiger partial charge in [0.2, 0.25) is 0 Å². The van der Waals surface area contributed by atoms with E-state index in [4.69, 9.17) is 9.97 Å². The lowest BCUT2D eigenvalue weighted by Gasteiger charge is -2.33. The highest BCUT2D eigenvalue weighted by Gasteiger charge is 2.47. The van der Waals surface area contributed by atoms with Crippen LogP contribution in [0.1, 0.15) is 22.3 Å². The predicted molar refractivity (Wildman–Crippen MR) is 230 cm³/mol. The average Bonchev–Trinajstić information content (AvgIpc) is 3.89. The molecular formula is C51H31N3S. The van der Waals surface area contributed by atoms with Crippen molar-refractivity contribution in [3.8, 4) is 28.3 Å². The van der Waals surface area contributed by atoms with E-state index in [0.29, 0.717) is 0 Å². The highest BCUT2D eigenvalue weighted by molar-refractivity contribution is 7.25. The van der Waals surface area contributed by atoms with Crippen molar-refractivity contribution < 1.29 is 0 Å². The lowest BCUT2D eigenvalue weighted by molar-refractivity contribution is 0.768. The second-order valence-corrected chi connectivity index (χ2v) is 15.5. The highest BCUT2D eigenvalue weighted by Crippen LogP contribution is 2.58. The highest BCUT2D eigenvalue weighted by atomic mass is 32.1. The fourth-order valence-corrected chi connectivity index (χ4v) is 10.5. The molecule has 256 valence electrons. The van der Waals surface area contributed by atoms with Gasteiger partial charge in [0.1, 0.15) is 4.83 Å². The van der Waals surface area contributed by atoms with Crippen LogP contribution in [0.4, 0.5) is 0 Å². The van der Waals surface area contributed by atoms with Gasteiger partial charge in [-0.2, -0.15) is 0 Å². The lowest BCUT2D eigenvalue weighted by Crippen LogP contribution is -2.28. The molecule has 0 spiro atoms. The first-order valence-corrected chi connectivity index (χ1v) is 19.6. The number of benzene rings is 8. The number of fused-ring (bicyclic) bond motifs is 10. The fourth-order valence-electron chi connectivity index (χ4n) is 9.45. The van der Waals surface area contributed by atoms with Crippen LogP contribution >= 0.6 is 11.3 Å². The van der Waals surface area contributed by atoms with Crippen molar-refractivity contribution in [2.45, 2.75) is 5.41 Å². The van der Waals surface area contributed by atoms with E-state index >= 15 is 0 Å². The van der Waals surface area contributed by atoms with E-state index in [1.807, 2.05) is 0 Å². The monoisotopic (exact) mass is 717 g/mol. The summed E-state index contributed by atoms with van der Waals surface area (Å²) in [5.74, 6) is 1.63. The van der Waals surface area contributed by atoms with Gasteiger partial charge in [-0.25, -0.2) is 9.97 Å². The maximum absolute atomic E-state index is 5.72. The summed E-state index contributed by atoms with van der Waals surface area (Å²) in [7, 11) is 0. The second-order valence-electron chi connectivity index (χ2n) is 14.5. The summed E-state index contributed by atoms with van der Waals surface area (Å²) in [6, 6.07) is 68.3. The van der Waals surface area contributed by atoms with Gasteiger partial charge >= 0.3 is 0 Å². The standard InChI is InChI=1S/C51H31N3S/c1-3-18-34(19-4-1)51(35-20-5-2-6-21-35)41-26-12-9-23-37(41)46-39(25-15-27-42(46)51)48-52-49(47-38-24-11-14-29-45(38)55-50(47)53-48)54-43-28-13-10-22-36(43)40-30-32-16-7-8-17-33(32)31-44(40)54/h1-31H. The number of hydrogen-bond acceptors (Lipinski definition) is 3. The van der Waals surface area contributed by atoms with Crippen molar-refractivity contribution in [2.75, 3.05) is 0 Å². The van der Waals surface area contributed by atoms with Crippen molar-refractivity contribution in [3.63, 3.8) is 0 Å². The third kappa shape index (κ3) is 4.20. The molecule has 0 N–H and O–H groups in total. The molecule has 11 aromatic rings. The molecule has 1 aliphatic rings. The maximum atomic E-state index is 5.72. The zero-order valence-corrected chi connectivity index (χ0v) is 30.5. The molecule has 0 atom stereocenters. The Hall–Kier alpha value is -6.88. The van der Waals surface area contributed by atoms with E-state index in [2.05, 4.69) is 193 Å². The number of nitrogens with zero attached hydrogens (tertiary/aromatic N) is 3. The molecule has 0 radical (unpaired) electrons. The SMILES string of the molecule is c1ccc(C2(c3ccccc3)c3ccccc3-c3c(-c4nc(-n5c6ccccc6c6cc7ccccc7cc65)c5c(n4)sc4ccccc45)cccc32)cc1. The molecule has 0 unspecified atom stereocenters. The van der Waals surface area contributed by atoms with Gasteiger partial charge in [0.15, 0.2) is 11.6 Å². The van der Waals surface area contributed by atoms with Crippen molar-refractivity contribution in [2.24, 2.45) is 0 Å². The normalized spacial score (nSPS) is 13.2. The molecule has 0 saturated carbocycles. The van der Waals surface area contributed by atoms with Gasteiger partial charge in [0, 0.05) is 26.4 Å². The van der Waals surface area contributed by atoms with E-state index in [1.54, 1.807) is 11.3 Å². The first kappa shape index (κ1) is 30.6. The number of thiophene rings is 1. The number of aromatic nitrogens is 3. The summed E-state index contributed by atoms with van der Waals surface area (Å²) >= 11 is 1.74. The van der Waals surface area contributed by atoms with Crippen molar-refractivity contribution in [1.29, 1.82) is 0 Å². The third-order valence-corrected chi connectivity index (χ3v) is 12.8. The van der Waals surface area contributed by atoms with Crippen LogP contribution in [0.25, 0.3) is 81.2 Å². The number of para-hydroxylation sites is 1. The van der Waals surface area contributed by atoms with Crippen LogP contribution in [-0.2, 0) is 5.41 Å². The van der Waals surface area contributed by atoms with Crippen LogP contribution in [0.2, 0.25) is 0 Å². The molecule has 4 heteroatoms. The quantitative estimate of drug-likeness (QED) is 0.181. The molecule has 0 fully saturated rings. The minimum absolute atomic E-state index is 0.511. The molecule has 0 bridgehead atoms. The van der Waals surface area contributed by atoms with E-state index in [0.717, 1.165) is 38.5 Å². The molecule has 3 heterocycles. The number of hydrogen-bond donors (Lipinski definition) is 0. The zero-order chi connectivity index (χ0) is 36.1. The van der Waals surface area contributed by atoms with Gasteiger partial charge in [0.05, 0.1) is 21.8 Å². The second kappa shape index (κ2) is 11.6. The molecular weight excluding hydrogens is 687 g/mol. The molecule has 0 saturated heterocycles. The fraction of sp³-hybridized carbons (Fsp3) is 0.0196. The van der Waals surface area contributed by atoms with Crippen LogP contribution < -0.4 is 0 Å². The summed E-state index contributed by atoms with van der Waals surface area (Å²) in [5.41, 5.74) is 10.2. The van der Waals surface area contributed by atoms with Crippen LogP contribution in [0.3, 0.4) is 0 Å². The van der Waals surface area contributed by atoms with E-state index in [1.165, 1.54) is 65.0 Å². The molecule has 0 aliphatic heterocycles. The Morgan fingerprint density at radius 2 is 1.07 bits per heavy atom. The summed E-state index contributed by atoms with van der Waals surface area (Å²) in [4.78, 5) is 12.2. The van der Waals surface area contributed by atoms with Crippen LogP contribution in [0, 0.1) is 0 Å². The molecule has 55 heavy (non-hydrogen) atoms. The van der Waals surface area contributed by atoms with Crippen LogP contribution in [0.15, 0.2) is 188 Å². The third-order valence-electron chi connectivity index (χ3n) is 11.7. The topological polar surface area (TPSA) is 30.7 Å². The molecule has 3 aromatic heterocycles. The van der Waals surface area contributed by atoms with Gasteiger partial charge in [0.25, 0.3) is 0 Å². The van der Waals surface area contributed by atoms with Crippen molar-refractivity contribution >= 4 is 64.2 Å². The van der Waals surface area contributed by atoms with Gasteiger partial charge in [-0.15, -0.1) is 11.3 Å². The van der Waals surface area contributed by atoms with E-state index in [-0.39, 0.29) is 0 Å². The summed E-state index contributed by atoms with van der Waals surface area (Å²) < 4.78 is 3.59. The largest absolute Gasteiger partial charge is 0.293 e. The minimum atomic E-state index is -0.511. The first-order chi connectivity index (χ1) is 27.3. The van der Waals surface area contributed by atoms with E-state index < -0.39 is 5.41 Å². The summed E-state index contributed by atoms with van der Waals surface area (Å²) in [6.45, 7) is 0. The zero-order valence-electron chi connectivity index (χ0n) is 29.6. The number of rotatable bonds is 4. The Labute approximate surface area is 321 Å². The summed E-state index contributed by atoms with van der Waals surface area (Å²) in [6.07, 6.45) is 0. The van der Waals surface area contributed by atoms with Crippen molar-refractivity contribution in [1.82, 2.24) is 14.5 Å². The molecule has 3 nitrogen and oxygen atoms in total. The Balaban J connectivity index is 1.22. The Morgan fingerprint density at radius 1 is 0.455 bits per heavy atom. The maximum Gasteiger partial charge on any atom is 0.163 e. The lowest BCUT2D eigenvalue weighted by atomic mass is 9.67. The van der Waals surface area contributed by atoms with Gasteiger partial charge in [-0.05, 0) is 68.4 Å². The molecule has 8 aromatic carbocycles. The predicted octanol–water partition coefficient (Wildman–Crippen LogP) is 13.1. The Bertz CT molecular complexity index is 3280. The Kier molecular flexibility index (Phi) is 6.42. The molecule has 12 rings (SSSR count). The van der Waals surface area contributed by atoms with Crippen LogP contribution in [0.5, 0.6) is 0 Å². The Morgan fingerprint density at radius 3 is 1.87 bits per heavy atom. The van der Waals surface area contributed by atoms with Gasteiger partial charge < -0.3 is 0 Å². The molecule has 1 aliphatic carbocycles. The summed E-state index contributed by atoms with van der Waals surface area (Å²) in [5, 5.41) is 7.11. The molecule has 0 amide bonds. The van der Waals surface area contributed by atoms with Crippen molar-refractivity contribution in [3.05, 3.63) is 210 Å². The smallest absolute Gasteiger partial charge is 0.163 e. The van der Waals surface area contributed by atoms with Gasteiger partial charge in [-0.3, -0.25) is 4.57 Å².